The SMILES string of the molecule is Cl.NC(=O)C1(C(=O)N(c2ccccc2)c2ccc(Oc3ccc4nc(NC(=O)C5CC5)cn4c3)c(F)c2)CC1. The summed E-state index contributed by atoms with van der Waals surface area (Å²) in [6.45, 7) is 0. The van der Waals surface area contributed by atoms with Gasteiger partial charge in [-0.25, -0.2) is 9.37 Å². The van der Waals surface area contributed by atoms with Gasteiger partial charge in [-0.2, -0.15) is 0 Å². The van der Waals surface area contributed by atoms with Crippen LogP contribution in [0.25, 0.3) is 5.65 Å². The molecule has 0 aliphatic heterocycles. The molecule has 9 nitrogen and oxygen atoms in total. The number of carbonyl (C=O) groups excluding carboxylic acids is 3. The van der Waals surface area contributed by atoms with Crippen molar-refractivity contribution in [3.05, 3.63) is 78.9 Å². The first-order chi connectivity index (χ1) is 18.3. The fraction of sp³-hybridized carbons (Fsp3) is 0.214. The molecule has 3 N–H and O–H groups in total. The minimum atomic E-state index is -1.28. The van der Waals surface area contributed by atoms with Gasteiger partial charge in [-0.3, -0.25) is 19.3 Å². The van der Waals surface area contributed by atoms with Gasteiger partial charge in [0.2, 0.25) is 17.7 Å². The number of nitrogens with zero attached hydrogens (tertiary/aromatic N) is 3. The monoisotopic (exact) mass is 549 g/mol. The van der Waals surface area contributed by atoms with E-state index >= 15 is 4.39 Å². The van der Waals surface area contributed by atoms with E-state index in [9.17, 15) is 14.4 Å². The van der Waals surface area contributed by atoms with Gasteiger partial charge in [0.1, 0.15) is 16.8 Å². The van der Waals surface area contributed by atoms with Crippen LogP contribution in [-0.4, -0.2) is 27.1 Å². The topological polar surface area (TPSA) is 119 Å². The van der Waals surface area contributed by atoms with Crippen molar-refractivity contribution in [2.24, 2.45) is 17.1 Å². The highest BCUT2D eigenvalue weighted by molar-refractivity contribution is 6.16. The molecule has 2 saturated carbocycles. The van der Waals surface area contributed by atoms with Gasteiger partial charge < -0.3 is 20.2 Å². The Morgan fingerprint density at radius 3 is 2.41 bits per heavy atom. The van der Waals surface area contributed by atoms with Crippen LogP contribution < -0.4 is 20.7 Å². The standard InChI is InChI=1S/C28H24FN5O4.ClH/c29-21-14-19(34(18-4-2-1-3-5-18)27(37)28(12-13-28)26(30)36)8-10-22(21)38-20-9-11-24-31-23(16-33(24)15-20)32-25(35)17-6-7-17;/h1-5,8-11,14-17H,6-7,12-13H2,(H2,30,36)(H,32,35);1H. The van der Waals surface area contributed by atoms with Crippen LogP contribution in [0.15, 0.2) is 73.1 Å². The predicted molar refractivity (Wildman–Crippen MR) is 145 cm³/mol. The summed E-state index contributed by atoms with van der Waals surface area (Å²) < 4.78 is 22.7. The van der Waals surface area contributed by atoms with Crippen molar-refractivity contribution >= 4 is 53.0 Å². The Bertz CT molecular complexity index is 1580. The lowest BCUT2D eigenvalue weighted by molar-refractivity contribution is -0.133. The van der Waals surface area contributed by atoms with Crippen molar-refractivity contribution < 1.29 is 23.5 Å². The third kappa shape index (κ3) is 5.03. The van der Waals surface area contributed by atoms with Crippen LogP contribution >= 0.6 is 12.4 Å². The van der Waals surface area contributed by atoms with Gasteiger partial charge in [0.15, 0.2) is 17.4 Å². The molecule has 0 bridgehead atoms. The fourth-order valence-electron chi connectivity index (χ4n) is 4.37. The van der Waals surface area contributed by atoms with Crippen molar-refractivity contribution in [1.82, 2.24) is 9.38 Å². The summed E-state index contributed by atoms with van der Waals surface area (Å²) in [5.74, 6) is -1.11. The molecule has 4 aromatic rings. The van der Waals surface area contributed by atoms with Gasteiger partial charge >= 0.3 is 0 Å². The van der Waals surface area contributed by atoms with Crippen molar-refractivity contribution in [1.29, 1.82) is 0 Å². The third-order valence-electron chi connectivity index (χ3n) is 6.87. The maximum Gasteiger partial charge on any atom is 0.247 e. The van der Waals surface area contributed by atoms with E-state index in [0.29, 0.717) is 35.7 Å². The quantitative estimate of drug-likeness (QED) is 0.301. The summed E-state index contributed by atoms with van der Waals surface area (Å²) >= 11 is 0. The van der Waals surface area contributed by atoms with Crippen LogP contribution in [0.3, 0.4) is 0 Å². The summed E-state index contributed by atoms with van der Waals surface area (Å²) in [5, 5.41) is 2.80. The maximum atomic E-state index is 15.3. The highest BCUT2D eigenvalue weighted by Crippen LogP contribution is 2.49. The zero-order chi connectivity index (χ0) is 26.4. The number of fused-ring (bicyclic) bond motifs is 1. The predicted octanol–water partition coefficient (Wildman–Crippen LogP) is 4.97. The number of hydrogen-bond acceptors (Lipinski definition) is 5. The van der Waals surface area contributed by atoms with E-state index in [1.807, 2.05) is 0 Å². The lowest BCUT2D eigenvalue weighted by atomic mass is 10.0. The number of imidazole rings is 1. The minimum absolute atomic E-state index is 0. The summed E-state index contributed by atoms with van der Waals surface area (Å²) in [7, 11) is 0. The third-order valence-corrected chi connectivity index (χ3v) is 6.87. The van der Waals surface area contributed by atoms with Crippen LogP contribution in [0.5, 0.6) is 11.5 Å². The summed E-state index contributed by atoms with van der Waals surface area (Å²) in [6, 6.07) is 16.2. The first-order valence-electron chi connectivity index (χ1n) is 12.3. The van der Waals surface area contributed by atoms with E-state index in [4.69, 9.17) is 10.5 Å². The number of nitrogens with one attached hydrogen (secondary N) is 1. The number of amides is 3. The zero-order valence-electron chi connectivity index (χ0n) is 20.7. The number of rotatable bonds is 8. The smallest absolute Gasteiger partial charge is 0.247 e. The second-order valence-electron chi connectivity index (χ2n) is 9.66. The number of aromatic nitrogens is 2. The second kappa shape index (κ2) is 10.0. The first kappa shape index (κ1) is 26.2. The fourth-order valence-corrected chi connectivity index (χ4v) is 4.37. The number of primary amides is 1. The van der Waals surface area contributed by atoms with E-state index in [2.05, 4.69) is 10.3 Å². The molecule has 0 atom stereocenters. The zero-order valence-corrected chi connectivity index (χ0v) is 21.5. The normalized spacial score (nSPS) is 15.2. The van der Waals surface area contributed by atoms with Crippen LogP contribution in [0.2, 0.25) is 0 Å². The molecule has 2 aliphatic carbocycles. The van der Waals surface area contributed by atoms with Crippen LogP contribution in [0, 0.1) is 17.2 Å². The Labute approximate surface area is 229 Å². The summed E-state index contributed by atoms with van der Waals surface area (Å²) in [5.41, 5.74) is 5.60. The van der Waals surface area contributed by atoms with E-state index in [-0.39, 0.29) is 35.7 Å². The number of benzene rings is 2. The van der Waals surface area contributed by atoms with Gasteiger partial charge in [0.05, 0.1) is 18.1 Å². The number of para-hydroxylation sites is 1. The highest BCUT2D eigenvalue weighted by atomic mass is 35.5. The van der Waals surface area contributed by atoms with Gasteiger partial charge in [0.25, 0.3) is 0 Å². The molecule has 0 unspecified atom stereocenters. The van der Waals surface area contributed by atoms with Gasteiger partial charge in [-0.1, -0.05) is 18.2 Å². The lowest BCUT2D eigenvalue weighted by Crippen LogP contribution is -2.41. The van der Waals surface area contributed by atoms with Crippen LogP contribution in [-0.2, 0) is 14.4 Å². The molecule has 0 radical (unpaired) electrons. The van der Waals surface area contributed by atoms with Crippen LogP contribution in [0.4, 0.5) is 21.6 Å². The average molecular weight is 550 g/mol. The van der Waals surface area contributed by atoms with Gasteiger partial charge in [-0.15, -0.1) is 12.4 Å². The highest BCUT2D eigenvalue weighted by Gasteiger charge is 2.57. The molecule has 2 heterocycles. The van der Waals surface area contributed by atoms with Crippen molar-refractivity contribution in [2.75, 3.05) is 10.2 Å². The molecular formula is C28H25ClFN5O4. The molecule has 0 spiro atoms. The molecule has 11 heteroatoms. The van der Waals surface area contributed by atoms with Crippen LogP contribution in [0.1, 0.15) is 25.7 Å². The number of halogens is 2. The van der Waals surface area contributed by atoms with E-state index in [0.717, 1.165) is 12.8 Å². The summed E-state index contributed by atoms with van der Waals surface area (Å²) in [6.07, 6.45) is 5.80. The summed E-state index contributed by atoms with van der Waals surface area (Å²) in [4.78, 5) is 43.2. The van der Waals surface area contributed by atoms with E-state index in [1.54, 1.807) is 65.3 Å². The van der Waals surface area contributed by atoms with E-state index < -0.39 is 23.0 Å². The lowest BCUT2D eigenvalue weighted by Gasteiger charge is -2.26. The van der Waals surface area contributed by atoms with Crippen molar-refractivity contribution in [2.45, 2.75) is 25.7 Å². The number of ether oxygens (including phenoxy) is 1. The molecule has 2 aromatic heterocycles. The van der Waals surface area contributed by atoms with Crippen molar-refractivity contribution in [3.63, 3.8) is 0 Å². The molecule has 6 rings (SSSR count). The van der Waals surface area contributed by atoms with E-state index in [1.165, 1.54) is 17.0 Å². The minimum Gasteiger partial charge on any atom is -0.453 e. The Morgan fingerprint density at radius 1 is 1.03 bits per heavy atom. The number of pyridine rings is 1. The van der Waals surface area contributed by atoms with Gasteiger partial charge in [0, 0.05) is 17.7 Å². The average Bonchev–Trinajstić information content (AvgIpc) is 3.82. The molecule has 200 valence electrons. The first-order valence-corrected chi connectivity index (χ1v) is 12.3. The molecule has 2 fully saturated rings. The largest absolute Gasteiger partial charge is 0.453 e. The van der Waals surface area contributed by atoms with Crippen molar-refractivity contribution in [3.8, 4) is 11.5 Å². The number of nitrogens with two attached hydrogens (primary N) is 1. The van der Waals surface area contributed by atoms with Gasteiger partial charge in [-0.05, 0) is 62.1 Å². The number of carbonyl (C=O) groups is 3. The Kier molecular flexibility index (Phi) is 6.73. The molecule has 2 aliphatic rings. The maximum absolute atomic E-state index is 15.3. The molecule has 2 aromatic carbocycles. The Hall–Kier alpha value is -4.44. The molecule has 3 amide bonds. The number of anilines is 3. The Balaban J connectivity index is 0.00000308. The molecule has 39 heavy (non-hydrogen) atoms. The number of hydrogen-bond donors (Lipinski definition) is 2. The molecule has 0 saturated heterocycles. The second-order valence-corrected chi connectivity index (χ2v) is 9.66. The molecular weight excluding hydrogens is 525 g/mol. The Morgan fingerprint density at radius 2 is 1.77 bits per heavy atom.